The summed E-state index contributed by atoms with van der Waals surface area (Å²) in [7, 11) is -2.92. The van der Waals surface area contributed by atoms with E-state index in [1.807, 2.05) is 0 Å². The van der Waals surface area contributed by atoms with Crippen LogP contribution >= 0.6 is 25.2 Å². The van der Waals surface area contributed by atoms with Gasteiger partial charge in [0.15, 0.2) is 0 Å². The van der Waals surface area contributed by atoms with Crippen molar-refractivity contribution in [1.82, 2.24) is 0 Å². The zero-order chi connectivity index (χ0) is 22.9. The first-order valence-electron chi connectivity index (χ1n) is 11.6. The van der Waals surface area contributed by atoms with E-state index in [-0.39, 0.29) is 7.92 Å². The second kappa shape index (κ2) is 10.1. The molecule has 0 amide bonds. The molecule has 0 saturated carbocycles. The molecule has 0 unspecified atom stereocenters. The molecule has 0 spiro atoms. The van der Waals surface area contributed by atoms with Gasteiger partial charge in [0.2, 0.25) is 0 Å². The summed E-state index contributed by atoms with van der Waals surface area (Å²) in [6, 6.07) is 18.9. The molecule has 3 heteroatoms. The van der Waals surface area contributed by atoms with Crippen LogP contribution in [0.15, 0.2) is 58.3 Å². The Morgan fingerprint density at radius 3 is 1.57 bits per heavy atom. The van der Waals surface area contributed by atoms with Gasteiger partial charge in [0.1, 0.15) is 0 Å². The van der Waals surface area contributed by atoms with Crippen molar-refractivity contribution in [2.45, 2.75) is 87.8 Å². The van der Waals surface area contributed by atoms with Crippen molar-refractivity contribution in [1.29, 1.82) is 0 Å². The van der Waals surface area contributed by atoms with E-state index in [2.05, 4.69) is 123 Å². The molecule has 0 atom stereocenters. The zero-order valence-electron chi connectivity index (χ0n) is 21.3. The summed E-state index contributed by atoms with van der Waals surface area (Å²) >= 11 is 0. The molecular weight excluding hydrogens is 418 g/mol. The topological polar surface area (TPSA) is 0 Å². The van der Waals surface area contributed by atoms with Crippen LogP contribution in [-0.2, 0) is 0 Å². The normalized spacial score (nSPS) is 14.4. The van der Waals surface area contributed by atoms with E-state index in [0.717, 1.165) is 11.3 Å². The number of hydrogen-bond donors (Lipinski definition) is 0. The monoisotopic (exact) mass is 464 g/mol. The van der Waals surface area contributed by atoms with Crippen LogP contribution in [0.4, 0.5) is 0 Å². The average Bonchev–Trinajstić information content (AvgIpc) is 2.66. The molecule has 0 fully saturated rings. The van der Waals surface area contributed by atoms with E-state index < -0.39 is 17.3 Å². The predicted molar refractivity (Wildman–Crippen MR) is 150 cm³/mol. The first-order valence-corrected chi connectivity index (χ1v) is 18.1. The van der Waals surface area contributed by atoms with Gasteiger partial charge in [-0.1, -0.05) is 0 Å². The van der Waals surface area contributed by atoms with Gasteiger partial charge in [-0.25, -0.2) is 0 Å². The summed E-state index contributed by atoms with van der Waals surface area (Å²) in [5.74, 6) is 0. The molecule has 0 saturated heterocycles. The molecule has 0 heterocycles. The van der Waals surface area contributed by atoms with Gasteiger partial charge >= 0.3 is 191 Å². The van der Waals surface area contributed by atoms with Gasteiger partial charge in [0, 0.05) is 0 Å². The van der Waals surface area contributed by atoms with Crippen LogP contribution in [0, 0.1) is 0 Å². The molecule has 0 nitrogen and oxygen atoms in total. The third-order valence-electron chi connectivity index (χ3n) is 7.22. The molecule has 0 aliphatic rings. The predicted octanol–water partition coefficient (Wildman–Crippen LogP) is 7.91. The molecule has 2 aromatic rings. The maximum absolute atomic E-state index is 2.62. The molecule has 0 N–H and O–H groups in total. The average molecular weight is 465 g/mol. The molecule has 30 heavy (non-hydrogen) atoms. The van der Waals surface area contributed by atoms with Crippen LogP contribution in [0.3, 0.4) is 0 Å². The van der Waals surface area contributed by atoms with Crippen LogP contribution in [0.2, 0.25) is 0 Å². The minimum absolute atomic E-state index is 0.180. The molecule has 0 aliphatic carbocycles. The van der Waals surface area contributed by atoms with Gasteiger partial charge in [-0.15, -0.1) is 0 Å². The first kappa shape index (κ1) is 25.9. The van der Waals surface area contributed by atoms with Crippen molar-refractivity contribution in [3.8, 4) is 0 Å². The summed E-state index contributed by atoms with van der Waals surface area (Å²) in [5.41, 5.74) is 2.87. The minimum atomic E-state index is -1.63. The van der Waals surface area contributed by atoms with Crippen molar-refractivity contribution in [2.24, 2.45) is 0 Å². The van der Waals surface area contributed by atoms with Crippen molar-refractivity contribution in [3.63, 3.8) is 0 Å². The van der Waals surface area contributed by atoms with Gasteiger partial charge in [-0.2, -0.15) is 0 Å². The van der Waals surface area contributed by atoms with E-state index in [1.54, 1.807) is 20.4 Å². The second-order valence-corrected chi connectivity index (χ2v) is 22.8. The van der Waals surface area contributed by atoms with Crippen molar-refractivity contribution < 1.29 is 0 Å². The number of hydrogen-bond acceptors (Lipinski definition) is 0. The summed E-state index contributed by atoms with van der Waals surface area (Å²) in [6.45, 7) is 22.1. The fourth-order valence-electron chi connectivity index (χ4n) is 5.02. The Hall–Kier alpha value is -0.350. The van der Waals surface area contributed by atoms with Gasteiger partial charge in [-0.3, -0.25) is 0 Å². The van der Waals surface area contributed by atoms with Crippen LogP contribution < -0.4 is 10.6 Å². The molecule has 2 rings (SSSR count). The molecule has 0 bridgehead atoms. The fourth-order valence-corrected chi connectivity index (χ4v) is 16.3. The Morgan fingerprint density at radius 1 is 0.667 bits per heavy atom. The van der Waals surface area contributed by atoms with Crippen molar-refractivity contribution in [3.05, 3.63) is 48.5 Å². The van der Waals surface area contributed by atoms with E-state index in [4.69, 9.17) is 0 Å². The summed E-state index contributed by atoms with van der Waals surface area (Å²) in [4.78, 5) is 3.26. The van der Waals surface area contributed by atoms with Crippen LogP contribution in [-0.4, -0.2) is 41.8 Å². The second-order valence-electron chi connectivity index (χ2n) is 10.5. The first-order chi connectivity index (χ1) is 13.9. The van der Waals surface area contributed by atoms with Gasteiger partial charge < -0.3 is 0 Å². The summed E-state index contributed by atoms with van der Waals surface area (Å²) in [5, 5.41) is 3.34. The molecule has 2 aromatic carbocycles. The molecule has 0 aliphatic heterocycles. The molecular formula is C27H46P2S. The van der Waals surface area contributed by atoms with Crippen molar-refractivity contribution in [2.75, 3.05) is 19.2 Å². The van der Waals surface area contributed by atoms with Crippen molar-refractivity contribution >= 4 is 35.8 Å². The van der Waals surface area contributed by atoms with Crippen LogP contribution in [0.5, 0.6) is 0 Å². The van der Waals surface area contributed by atoms with E-state index in [0.29, 0.717) is 11.3 Å². The SMILES string of the molecule is CC(C)P(c1ccccc1S(C)(C)c1ccccc1[PH](C)(C(C)C)C(C)C)C(C)C. The Balaban J connectivity index is 2.77. The summed E-state index contributed by atoms with van der Waals surface area (Å²) in [6.07, 6.45) is 5.10. The Kier molecular flexibility index (Phi) is 8.69. The fraction of sp³-hybridized carbons (Fsp3) is 0.556. The third kappa shape index (κ3) is 4.85. The number of rotatable bonds is 8. The standard InChI is InChI=1S/C27H46P2S/c1-20(2)28(21(3)4)24-16-12-14-18-26(24)30(10,11)27-19-15-13-17-25(27)29(9,22(5)6)23(7)8/h12-23,29H,1-11H3. The molecule has 170 valence electrons. The van der Waals surface area contributed by atoms with Crippen LogP contribution in [0.25, 0.3) is 0 Å². The Labute approximate surface area is 191 Å². The van der Waals surface area contributed by atoms with E-state index in [9.17, 15) is 0 Å². The quantitative estimate of drug-likeness (QED) is 0.348. The number of benzene rings is 2. The van der Waals surface area contributed by atoms with Gasteiger partial charge in [0.05, 0.1) is 0 Å². The molecule has 0 radical (unpaired) electrons. The van der Waals surface area contributed by atoms with E-state index in [1.165, 1.54) is 0 Å². The maximum atomic E-state index is 2.62. The van der Waals surface area contributed by atoms with Gasteiger partial charge in [-0.05, 0) is 0 Å². The van der Waals surface area contributed by atoms with Crippen LogP contribution in [0.1, 0.15) is 55.4 Å². The molecule has 0 aromatic heterocycles. The zero-order valence-corrected chi connectivity index (χ0v) is 24.0. The third-order valence-corrected chi connectivity index (χ3v) is 20.0. The summed E-state index contributed by atoms with van der Waals surface area (Å²) < 4.78 is 0. The van der Waals surface area contributed by atoms with Gasteiger partial charge in [0.25, 0.3) is 0 Å². The van der Waals surface area contributed by atoms with E-state index >= 15 is 0 Å². The Morgan fingerprint density at radius 2 is 1.10 bits per heavy atom. The Bertz CT molecular complexity index is 820.